The number of aromatic nitrogens is 1. The molecule has 0 aliphatic carbocycles. The van der Waals surface area contributed by atoms with E-state index in [0.717, 1.165) is 10.1 Å². The number of nitrogens with zero attached hydrogens (tertiary/aromatic N) is 3. The molecule has 0 aliphatic heterocycles. The Morgan fingerprint density at radius 1 is 1.16 bits per heavy atom. The third kappa shape index (κ3) is 7.81. The Hall–Kier alpha value is -4.37. The van der Waals surface area contributed by atoms with Gasteiger partial charge in [-0.2, -0.15) is 0 Å². The molecule has 15 heteroatoms. The summed E-state index contributed by atoms with van der Waals surface area (Å²) < 4.78 is 0.926. The number of pyridine rings is 1. The highest BCUT2D eigenvalue weighted by Crippen LogP contribution is 2.30. The van der Waals surface area contributed by atoms with Crippen LogP contribution < -0.4 is 11.1 Å². The summed E-state index contributed by atoms with van der Waals surface area (Å²) >= 11 is 1.38. The topological polar surface area (TPSA) is 210 Å². The molecular weight excluding hydrogens is 510 g/mol. The predicted octanol–water partition coefficient (Wildman–Crippen LogP) is 2.40. The van der Waals surface area contributed by atoms with Gasteiger partial charge in [0.2, 0.25) is 5.91 Å². The number of hydrogen-bond acceptors (Lipinski definition) is 11. The van der Waals surface area contributed by atoms with Crippen molar-refractivity contribution in [1.29, 1.82) is 0 Å². The van der Waals surface area contributed by atoms with Gasteiger partial charge in [0, 0.05) is 18.9 Å². The summed E-state index contributed by atoms with van der Waals surface area (Å²) in [5.74, 6) is -3.38. The fourth-order valence-corrected chi connectivity index (χ4v) is 4.65. The highest BCUT2D eigenvalue weighted by Gasteiger charge is 2.27. The number of carbonyl (C=O) groups is 2. The first-order valence-electron chi connectivity index (χ1n) is 10.9. The van der Waals surface area contributed by atoms with E-state index in [2.05, 4.69) is 20.0 Å². The third-order valence-electron chi connectivity index (χ3n) is 5.48. The van der Waals surface area contributed by atoms with E-state index < -0.39 is 47.1 Å². The number of fused-ring (bicyclic) bond motifs is 1. The molecule has 3 rings (SSSR count). The molecule has 1 amide bonds. The third-order valence-corrected chi connectivity index (χ3v) is 6.48. The van der Waals surface area contributed by atoms with Crippen molar-refractivity contribution in [1.82, 2.24) is 4.98 Å². The number of amides is 1. The van der Waals surface area contributed by atoms with E-state index in [1.807, 2.05) is 12.1 Å². The first-order chi connectivity index (χ1) is 17.7. The van der Waals surface area contributed by atoms with Gasteiger partial charge in [-0.15, -0.1) is 31.6 Å². The summed E-state index contributed by atoms with van der Waals surface area (Å²) in [5.41, 5.74) is 7.05. The van der Waals surface area contributed by atoms with Gasteiger partial charge in [-0.25, -0.2) is 0 Å². The monoisotopic (exact) mass is 533 g/mol. The Balaban J connectivity index is 1.67. The van der Waals surface area contributed by atoms with Crippen LogP contribution in [0.3, 0.4) is 0 Å². The van der Waals surface area contributed by atoms with Crippen LogP contribution in [-0.4, -0.2) is 51.4 Å². The average Bonchev–Trinajstić information content (AvgIpc) is 3.25. The number of rotatable bonds is 14. The highest BCUT2D eigenvalue weighted by molar-refractivity contribution is 7.22. The van der Waals surface area contributed by atoms with Crippen molar-refractivity contribution in [3.63, 3.8) is 0 Å². The molecule has 0 bridgehead atoms. The molecule has 2 heterocycles. The van der Waals surface area contributed by atoms with Crippen molar-refractivity contribution in [3.8, 4) is 0 Å². The smallest absolute Gasteiger partial charge is 0.306 e. The summed E-state index contributed by atoms with van der Waals surface area (Å²) in [7, 11) is 0. The fraction of sp³-hybridized carbons (Fsp3) is 0.318. The minimum atomic E-state index is -1.45. The first-order valence-corrected chi connectivity index (χ1v) is 11.7. The Labute approximate surface area is 213 Å². The SMILES string of the molecule is NC[C@@H](C(=O)Nc1cc2ccncc2s1)c1ccc(C[C@H](CC(CO[N+](=O)[O-])O[N+](=O)[O-])C(=O)O)cc1. The van der Waals surface area contributed by atoms with Crippen molar-refractivity contribution >= 4 is 38.3 Å². The number of nitrogens with two attached hydrogens (primary N) is 1. The second-order valence-corrected chi connectivity index (χ2v) is 9.07. The summed E-state index contributed by atoms with van der Waals surface area (Å²) in [6.45, 7) is -0.758. The van der Waals surface area contributed by atoms with Crippen LogP contribution in [0.25, 0.3) is 10.1 Å². The quantitative estimate of drug-likeness (QED) is 0.202. The molecule has 4 N–H and O–H groups in total. The summed E-state index contributed by atoms with van der Waals surface area (Å²) in [6, 6.07) is 10.2. The zero-order valence-corrected chi connectivity index (χ0v) is 20.0. The molecule has 0 spiro atoms. The van der Waals surface area contributed by atoms with Gasteiger partial charge in [-0.05, 0) is 41.5 Å². The van der Waals surface area contributed by atoms with Gasteiger partial charge in [-0.1, -0.05) is 24.3 Å². The van der Waals surface area contributed by atoms with Crippen LogP contribution in [0.2, 0.25) is 0 Å². The van der Waals surface area contributed by atoms with Crippen molar-refractivity contribution in [2.75, 3.05) is 18.5 Å². The largest absolute Gasteiger partial charge is 0.481 e. The van der Waals surface area contributed by atoms with Crippen molar-refractivity contribution in [2.45, 2.75) is 24.9 Å². The Morgan fingerprint density at radius 3 is 2.49 bits per heavy atom. The van der Waals surface area contributed by atoms with Crippen LogP contribution in [-0.2, 0) is 25.7 Å². The van der Waals surface area contributed by atoms with Gasteiger partial charge < -0.3 is 25.8 Å². The Morgan fingerprint density at radius 2 is 1.89 bits per heavy atom. The van der Waals surface area contributed by atoms with Crippen LogP contribution in [0, 0.1) is 26.1 Å². The van der Waals surface area contributed by atoms with Crippen LogP contribution >= 0.6 is 11.3 Å². The van der Waals surface area contributed by atoms with Gasteiger partial charge in [-0.3, -0.25) is 14.6 Å². The van der Waals surface area contributed by atoms with E-state index in [1.165, 1.54) is 11.3 Å². The number of anilines is 1. The first kappa shape index (κ1) is 27.2. The lowest BCUT2D eigenvalue weighted by atomic mass is 9.91. The van der Waals surface area contributed by atoms with Crippen molar-refractivity contribution in [2.24, 2.45) is 11.7 Å². The predicted molar refractivity (Wildman–Crippen MR) is 131 cm³/mol. The molecule has 2 aromatic heterocycles. The van der Waals surface area contributed by atoms with E-state index >= 15 is 0 Å². The van der Waals surface area contributed by atoms with Crippen LogP contribution in [0.15, 0.2) is 48.8 Å². The molecule has 1 aromatic carbocycles. The molecule has 0 radical (unpaired) electrons. The second kappa shape index (κ2) is 12.5. The maximum Gasteiger partial charge on any atom is 0.306 e. The molecule has 0 saturated heterocycles. The van der Waals surface area contributed by atoms with E-state index in [-0.39, 0.29) is 18.9 Å². The molecule has 3 atom stereocenters. The standard InChI is InChI=1S/C22H23N5O9S/c23-10-18(21(28)25-20-9-15-5-6-24-11-19(15)37-20)14-3-1-13(2-4-14)7-16(22(29)30)8-17(36-27(33)34)12-35-26(31)32/h1-6,9,11,16-18H,7-8,10,12,23H2,(H,25,28)(H,29,30)/t16-,17?,18-/m1/s1. The van der Waals surface area contributed by atoms with Crippen LogP contribution in [0.1, 0.15) is 23.5 Å². The van der Waals surface area contributed by atoms with Gasteiger partial charge in [0.1, 0.15) is 12.7 Å². The highest BCUT2D eigenvalue weighted by atomic mass is 32.1. The molecular formula is C22H23N5O9S. The number of aliphatic carboxylic acids is 1. The summed E-state index contributed by atoms with van der Waals surface area (Å²) in [6.07, 6.45) is 1.48. The van der Waals surface area contributed by atoms with Crippen LogP contribution in [0.4, 0.5) is 5.00 Å². The van der Waals surface area contributed by atoms with E-state index in [9.17, 15) is 34.9 Å². The Bertz CT molecular complexity index is 1230. The number of thiophene rings is 1. The van der Waals surface area contributed by atoms with E-state index in [4.69, 9.17) is 5.73 Å². The number of carboxylic acids is 1. The Kier molecular flexibility index (Phi) is 9.23. The minimum absolute atomic E-state index is 0.0335. The molecule has 14 nitrogen and oxygen atoms in total. The minimum Gasteiger partial charge on any atom is -0.481 e. The van der Waals surface area contributed by atoms with E-state index in [0.29, 0.717) is 16.1 Å². The molecule has 0 fully saturated rings. The zero-order valence-electron chi connectivity index (χ0n) is 19.2. The van der Waals surface area contributed by atoms with Crippen molar-refractivity contribution in [3.05, 3.63) is 80.1 Å². The number of benzene rings is 1. The molecule has 0 aliphatic rings. The number of hydrogen-bond donors (Lipinski definition) is 3. The summed E-state index contributed by atoms with van der Waals surface area (Å²) in [4.78, 5) is 58.2. The van der Waals surface area contributed by atoms with Gasteiger partial charge >= 0.3 is 5.97 Å². The van der Waals surface area contributed by atoms with Gasteiger partial charge in [0.05, 0.1) is 21.5 Å². The molecule has 37 heavy (non-hydrogen) atoms. The average molecular weight is 534 g/mol. The lowest BCUT2D eigenvalue weighted by Gasteiger charge is -2.19. The van der Waals surface area contributed by atoms with Crippen molar-refractivity contribution < 1.29 is 34.5 Å². The van der Waals surface area contributed by atoms with Gasteiger partial charge in [0.25, 0.3) is 10.2 Å². The lowest BCUT2D eigenvalue weighted by molar-refractivity contribution is -0.790. The summed E-state index contributed by atoms with van der Waals surface area (Å²) in [5, 5.41) is 32.8. The maximum absolute atomic E-state index is 12.9. The van der Waals surface area contributed by atoms with Crippen LogP contribution in [0.5, 0.6) is 0 Å². The van der Waals surface area contributed by atoms with Gasteiger partial charge in [0.15, 0.2) is 0 Å². The number of carbonyl (C=O) groups excluding carboxylic acids is 1. The number of nitrogens with one attached hydrogen (secondary N) is 1. The fourth-order valence-electron chi connectivity index (χ4n) is 3.72. The normalized spacial score (nSPS) is 13.3. The van der Waals surface area contributed by atoms with E-state index in [1.54, 1.807) is 36.7 Å². The number of carboxylic acid groups (broad SMARTS) is 1. The molecule has 1 unspecified atom stereocenters. The zero-order chi connectivity index (χ0) is 26.9. The lowest BCUT2D eigenvalue weighted by Crippen LogP contribution is -2.30. The molecule has 0 saturated carbocycles. The maximum atomic E-state index is 12.9. The second-order valence-electron chi connectivity index (χ2n) is 7.99. The molecule has 196 valence electrons. The molecule has 3 aromatic rings.